The van der Waals surface area contributed by atoms with Crippen LogP contribution < -0.4 is 26.2 Å². The first-order valence-corrected chi connectivity index (χ1v) is 15.7. The molecular weight excluding hydrogens is 556 g/mol. The third-order valence-corrected chi connectivity index (χ3v) is 10.9. The Morgan fingerprint density at radius 1 is 1.12 bits per heavy atom. The molecule has 4 unspecified atom stereocenters. The Bertz CT molecular complexity index is 1790. The molecule has 4 aliphatic rings. The van der Waals surface area contributed by atoms with Crippen molar-refractivity contribution in [2.75, 3.05) is 41.7 Å². The highest BCUT2D eigenvalue weighted by Crippen LogP contribution is 2.47. The van der Waals surface area contributed by atoms with Gasteiger partial charge in [-0.1, -0.05) is 6.92 Å². The minimum absolute atomic E-state index is 0.323. The number of fused-ring (bicyclic) bond motifs is 6. The Morgan fingerprint density at radius 3 is 2.63 bits per heavy atom. The molecule has 0 amide bonds. The Balaban J connectivity index is 1.47. The fraction of sp³-hybridized carbons (Fsp3) is 0.433. The van der Waals surface area contributed by atoms with Crippen LogP contribution in [-0.2, 0) is 18.0 Å². The van der Waals surface area contributed by atoms with Crippen LogP contribution >= 0.6 is 20.6 Å². The van der Waals surface area contributed by atoms with Gasteiger partial charge in [0.15, 0.2) is 0 Å². The topological polar surface area (TPSA) is 103 Å². The number of nitrogens with two attached hydrogens (primary N) is 1. The van der Waals surface area contributed by atoms with Gasteiger partial charge in [0, 0.05) is 70.2 Å². The van der Waals surface area contributed by atoms with E-state index in [1.807, 2.05) is 0 Å². The van der Waals surface area contributed by atoms with Gasteiger partial charge in [-0.25, -0.2) is 9.37 Å². The van der Waals surface area contributed by atoms with Crippen LogP contribution in [0.2, 0.25) is 0 Å². The second-order valence-electron chi connectivity index (χ2n) is 11.8. The number of nitrogens with one attached hydrogen (secondary N) is 1. The van der Waals surface area contributed by atoms with E-state index >= 15 is 4.39 Å². The Kier molecular flexibility index (Phi) is 5.91. The SMILES string of the molecule is CC1CCN(c2nc(N3C4CCC3CNC4)c3c4c(c(-c5c(F)ccc6sc(N)c(C#N)c56)c(P)c3n2)COC4)C1. The molecule has 8 rings (SSSR count). The summed E-state index contributed by atoms with van der Waals surface area (Å²) in [5.74, 6) is 1.91. The normalized spacial score (nSPS) is 23.6. The largest absolute Gasteiger partial charge is 0.389 e. The van der Waals surface area contributed by atoms with Crippen LogP contribution in [0, 0.1) is 23.1 Å². The number of piperazine rings is 1. The van der Waals surface area contributed by atoms with Gasteiger partial charge >= 0.3 is 0 Å². The number of aromatic nitrogens is 2. The van der Waals surface area contributed by atoms with E-state index in [9.17, 15) is 5.26 Å². The summed E-state index contributed by atoms with van der Waals surface area (Å²) in [4.78, 5) is 15.4. The van der Waals surface area contributed by atoms with Crippen molar-refractivity contribution in [1.29, 1.82) is 5.26 Å². The summed E-state index contributed by atoms with van der Waals surface area (Å²) in [6.45, 7) is 6.75. The second kappa shape index (κ2) is 9.47. The molecule has 0 aliphatic carbocycles. The maximum absolute atomic E-state index is 16.0. The van der Waals surface area contributed by atoms with Gasteiger partial charge < -0.3 is 25.6 Å². The highest BCUT2D eigenvalue weighted by atomic mass is 32.1. The number of halogens is 1. The average Bonchev–Trinajstić information content (AvgIpc) is 3.74. The minimum Gasteiger partial charge on any atom is -0.389 e. The number of thiophene rings is 1. The summed E-state index contributed by atoms with van der Waals surface area (Å²) in [6, 6.07) is 6.18. The van der Waals surface area contributed by atoms with Crippen molar-refractivity contribution < 1.29 is 9.13 Å². The van der Waals surface area contributed by atoms with E-state index in [0.29, 0.717) is 52.7 Å². The number of benzene rings is 2. The first-order chi connectivity index (χ1) is 19.9. The van der Waals surface area contributed by atoms with E-state index in [1.165, 1.54) is 17.4 Å². The third-order valence-electron chi connectivity index (χ3n) is 9.39. The van der Waals surface area contributed by atoms with Crippen LogP contribution in [0.3, 0.4) is 0 Å². The van der Waals surface area contributed by atoms with Crippen molar-refractivity contribution in [2.45, 2.75) is 51.5 Å². The Morgan fingerprint density at radius 2 is 1.90 bits per heavy atom. The van der Waals surface area contributed by atoms with Crippen LogP contribution in [0.5, 0.6) is 0 Å². The number of hydrogen-bond donors (Lipinski definition) is 2. The van der Waals surface area contributed by atoms with E-state index in [0.717, 1.165) is 94.8 Å². The summed E-state index contributed by atoms with van der Waals surface area (Å²) in [6.07, 6.45) is 3.37. The predicted molar refractivity (Wildman–Crippen MR) is 165 cm³/mol. The summed E-state index contributed by atoms with van der Waals surface area (Å²) in [5, 5.41) is 16.4. The molecule has 4 aromatic rings. The monoisotopic (exact) mass is 587 g/mol. The summed E-state index contributed by atoms with van der Waals surface area (Å²) < 4.78 is 22.9. The Labute approximate surface area is 243 Å². The highest BCUT2D eigenvalue weighted by Gasteiger charge is 2.40. The van der Waals surface area contributed by atoms with Crippen molar-refractivity contribution in [2.24, 2.45) is 5.92 Å². The molecule has 4 aliphatic heterocycles. The zero-order valence-electron chi connectivity index (χ0n) is 22.8. The molecular formula is C30H31FN7OPS. The highest BCUT2D eigenvalue weighted by molar-refractivity contribution is 7.29. The van der Waals surface area contributed by atoms with Crippen LogP contribution in [-0.4, -0.2) is 48.2 Å². The average molecular weight is 588 g/mol. The number of rotatable bonds is 3. The zero-order chi connectivity index (χ0) is 28.0. The van der Waals surface area contributed by atoms with Gasteiger partial charge in [-0.3, -0.25) is 0 Å². The summed E-state index contributed by atoms with van der Waals surface area (Å²) >= 11 is 1.32. The van der Waals surface area contributed by atoms with Gasteiger partial charge in [-0.15, -0.1) is 20.6 Å². The summed E-state index contributed by atoms with van der Waals surface area (Å²) in [7, 11) is 2.88. The first-order valence-electron chi connectivity index (χ1n) is 14.3. The zero-order valence-corrected chi connectivity index (χ0v) is 24.8. The fourth-order valence-corrected chi connectivity index (χ4v) is 8.92. The lowest BCUT2D eigenvalue weighted by atomic mass is 9.90. The third kappa shape index (κ3) is 3.72. The Hall–Kier alpha value is -3.09. The first kappa shape index (κ1) is 25.6. The van der Waals surface area contributed by atoms with E-state index in [4.69, 9.17) is 20.4 Å². The summed E-state index contributed by atoms with van der Waals surface area (Å²) in [5.41, 5.74) is 10.5. The molecule has 8 nitrogen and oxygen atoms in total. The molecule has 11 heteroatoms. The molecule has 0 radical (unpaired) electrons. The van der Waals surface area contributed by atoms with Gasteiger partial charge in [-0.05, 0) is 48.4 Å². The molecule has 3 N–H and O–H groups in total. The number of nitrogen functional groups attached to an aromatic ring is 1. The van der Waals surface area contributed by atoms with Crippen LogP contribution in [0.15, 0.2) is 12.1 Å². The number of ether oxygens (including phenoxy) is 1. The lowest BCUT2D eigenvalue weighted by Gasteiger charge is -2.37. The fourth-order valence-electron chi connectivity index (χ4n) is 7.46. The van der Waals surface area contributed by atoms with Gasteiger partial charge in [0.25, 0.3) is 0 Å². The molecule has 2 aromatic carbocycles. The number of nitrogens with zero attached hydrogens (tertiary/aromatic N) is 5. The van der Waals surface area contributed by atoms with Crippen LogP contribution in [0.1, 0.15) is 42.9 Å². The maximum Gasteiger partial charge on any atom is 0.227 e. The van der Waals surface area contributed by atoms with Gasteiger partial charge in [0.05, 0.1) is 24.3 Å². The molecule has 0 saturated carbocycles. The molecule has 3 fully saturated rings. The molecule has 0 spiro atoms. The van der Waals surface area contributed by atoms with Gasteiger partial charge in [0.1, 0.15) is 22.7 Å². The van der Waals surface area contributed by atoms with Crippen molar-refractivity contribution in [3.05, 3.63) is 34.6 Å². The lowest BCUT2D eigenvalue weighted by molar-refractivity contribution is 0.135. The predicted octanol–water partition coefficient (Wildman–Crippen LogP) is 4.42. The van der Waals surface area contributed by atoms with E-state index in [1.54, 1.807) is 6.07 Å². The molecule has 3 saturated heterocycles. The quantitative estimate of drug-likeness (QED) is 0.340. The second-order valence-corrected chi connectivity index (χ2v) is 13.5. The van der Waals surface area contributed by atoms with Gasteiger partial charge in [-0.2, -0.15) is 10.2 Å². The van der Waals surface area contributed by atoms with Crippen LogP contribution in [0.4, 0.5) is 21.2 Å². The number of nitriles is 1. The van der Waals surface area contributed by atoms with Gasteiger partial charge in [0.2, 0.25) is 5.95 Å². The van der Waals surface area contributed by atoms with Crippen molar-refractivity contribution >= 4 is 63.6 Å². The molecule has 210 valence electrons. The molecule has 41 heavy (non-hydrogen) atoms. The van der Waals surface area contributed by atoms with Crippen molar-refractivity contribution in [3.8, 4) is 17.2 Å². The number of hydrogen-bond acceptors (Lipinski definition) is 9. The molecule has 2 aromatic heterocycles. The molecule has 4 atom stereocenters. The van der Waals surface area contributed by atoms with Crippen LogP contribution in [0.25, 0.3) is 32.1 Å². The maximum atomic E-state index is 16.0. The van der Waals surface area contributed by atoms with Crippen molar-refractivity contribution in [3.63, 3.8) is 0 Å². The van der Waals surface area contributed by atoms with E-state index in [2.05, 4.69) is 37.3 Å². The van der Waals surface area contributed by atoms with E-state index < -0.39 is 0 Å². The lowest BCUT2D eigenvalue weighted by Crippen LogP contribution is -2.52. The van der Waals surface area contributed by atoms with Crippen molar-refractivity contribution in [1.82, 2.24) is 15.3 Å². The molecule has 2 bridgehead atoms. The molecule has 6 heterocycles. The minimum atomic E-state index is -0.382. The standard InChI is InChI=1S/C30H31FN7OPS/c1-14-6-7-37(11-14)30-35-26-24(29(36-30)38-15-2-3-16(38)10-34-9-15)19-13-39-12-18(19)23(27(26)40)25-20(31)4-5-21-22(25)17(8-32)28(33)41-21/h4-5,14-16,34H,2-3,6-7,9-13,33,40H2,1H3. The smallest absolute Gasteiger partial charge is 0.227 e. The van der Waals surface area contributed by atoms with E-state index in [-0.39, 0.29) is 5.82 Å². The number of anilines is 3.